The third kappa shape index (κ3) is 3.74. The van der Waals surface area contributed by atoms with Crippen molar-refractivity contribution in [1.29, 1.82) is 0 Å². The molecule has 1 fully saturated rings. The molecule has 1 heterocycles. The Labute approximate surface area is 145 Å². The fourth-order valence-corrected chi connectivity index (χ4v) is 3.40. The number of hydrogen-bond acceptors (Lipinski definition) is 4. The maximum absolute atomic E-state index is 13.1. The molecule has 1 saturated heterocycles. The lowest BCUT2D eigenvalue weighted by Gasteiger charge is -2.17. The molecule has 0 aliphatic carbocycles. The van der Waals surface area contributed by atoms with Crippen molar-refractivity contribution in [3.8, 4) is 11.5 Å². The van der Waals surface area contributed by atoms with Crippen molar-refractivity contribution < 1.29 is 24.1 Å². The Morgan fingerprint density at radius 3 is 2.56 bits per heavy atom. The molecule has 0 amide bonds. The molecule has 0 bridgehead atoms. The number of carboxylic acid groups (broad SMARTS) is 1. The predicted molar refractivity (Wildman–Crippen MR) is 90.2 cm³/mol. The van der Waals surface area contributed by atoms with E-state index in [2.05, 4.69) is 0 Å². The number of halogens is 1. The molecule has 0 saturated carbocycles. The van der Waals surface area contributed by atoms with Crippen molar-refractivity contribution in [1.82, 2.24) is 4.90 Å². The average Bonchev–Trinajstić information content (AvgIpc) is 3.00. The van der Waals surface area contributed by atoms with Gasteiger partial charge in [0.2, 0.25) is 0 Å². The van der Waals surface area contributed by atoms with Crippen LogP contribution in [0.5, 0.6) is 11.5 Å². The Bertz CT molecular complexity index is 763. The maximum atomic E-state index is 13.1. The van der Waals surface area contributed by atoms with E-state index in [0.29, 0.717) is 25.4 Å². The second-order valence-electron chi connectivity index (χ2n) is 6.30. The average molecular weight is 345 g/mol. The van der Waals surface area contributed by atoms with Gasteiger partial charge in [-0.2, -0.15) is 0 Å². The van der Waals surface area contributed by atoms with Crippen LogP contribution in [0.15, 0.2) is 42.5 Å². The predicted octanol–water partition coefficient (Wildman–Crippen LogP) is 2.84. The lowest BCUT2D eigenvalue weighted by Crippen LogP contribution is -2.23. The van der Waals surface area contributed by atoms with Gasteiger partial charge in [-0.05, 0) is 35.4 Å². The molecule has 0 aromatic heterocycles. The summed E-state index contributed by atoms with van der Waals surface area (Å²) < 4.78 is 18.2. The topological polar surface area (TPSA) is 70.0 Å². The number of ether oxygens (including phenoxy) is 1. The molecule has 1 aliphatic rings. The molecule has 2 aromatic carbocycles. The van der Waals surface area contributed by atoms with Crippen LogP contribution in [0.25, 0.3) is 0 Å². The van der Waals surface area contributed by atoms with E-state index in [4.69, 9.17) is 4.74 Å². The summed E-state index contributed by atoms with van der Waals surface area (Å²) in [6.07, 6.45) is 0. The summed E-state index contributed by atoms with van der Waals surface area (Å²) in [7, 11) is 1.49. The van der Waals surface area contributed by atoms with Crippen LogP contribution < -0.4 is 4.74 Å². The van der Waals surface area contributed by atoms with Gasteiger partial charge < -0.3 is 14.9 Å². The minimum absolute atomic E-state index is 0.0593. The largest absolute Gasteiger partial charge is 0.504 e. The van der Waals surface area contributed by atoms with Gasteiger partial charge in [0.25, 0.3) is 0 Å². The number of nitrogens with zero attached hydrogens (tertiary/aromatic N) is 1. The Balaban J connectivity index is 1.77. The van der Waals surface area contributed by atoms with Gasteiger partial charge in [-0.15, -0.1) is 0 Å². The first kappa shape index (κ1) is 17.2. The van der Waals surface area contributed by atoms with E-state index in [1.807, 2.05) is 11.0 Å². The number of phenolic OH excluding ortho intramolecular Hbond substituents is 1. The normalized spacial score (nSPS) is 20.6. The van der Waals surface area contributed by atoms with Crippen LogP contribution in [-0.4, -0.2) is 41.3 Å². The van der Waals surface area contributed by atoms with Gasteiger partial charge >= 0.3 is 5.97 Å². The van der Waals surface area contributed by atoms with Crippen molar-refractivity contribution in [2.45, 2.75) is 12.5 Å². The van der Waals surface area contributed by atoms with Crippen LogP contribution in [0.3, 0.4) is 0 Å². The van der Waals surface area contributed by atoms with Gasteiger partial charge in [-0.25, -0.2) is 4.39 Å². The number of carboxylic acids is 1. The summed E-state index contributed by atoms with van der Waals surface area (Å²) in [6.45, 7) is 1.50. The van der Waals surface area contributed by atoms with E-state index in [9.17, 15) is 19.4 Å². The van der Waals surface area contributed by atoms with Crippen molar-refractivity contribution >= 4 is 5.97 Å². The maximum Gasteiger partial charge on any atom is 0.308 e. The van der Waals surface area contributed by atoms with Gasteiger partial charge in [0, 0.05) is 25.6 Å². The second kappa shape index (κ2) is 7.11. The molecule has 0 unspecified atom stereocenters. The number of phenols is 1. The van der Waals surface area contributed by atoms with E-state index in [1.165, 1.54) is 19.2 Å². The van der Waals surface area contributed by atoms with Crippen molar-refractivity contribution in [3.63, 3.8) is 0 Å². The second-order valence-corrected chi connectivity index (χ2v) is 6.30. The van der Waals surface area contributed by atoms with Crippen molar-refractivity contribution in [2.75, 3.05) is 20.2 Å². The van der Waals surface area contributed by atoms with Gasteiger partial charge in [0.15, 0.2) is 11.5 Å². The summed E-state index contributed by atoms with van der Waals surface area (Å²) in [6, 6.07) is 11.2. The van der Waals surface area contributed by atoms with Gasteiger partial charge in [0.05, 0.1) is 13.0 Å². The zero-order chi connectivity index (χ0) is 18.0. The first-order chi connectivity index (χ1) is 12.0. The van der Waals surface area contributed by atoms with Crippen LogP contribution in [0, 0.1) is 11.7 Å². The minimum atomic E-state index is -0.852. The molecule has 25 heavy (non-hydrogen) atoms. The van der Waals surface area contributed by atoms with Crippen LogP contribution >= 0.6 is 0 Å². The Hall–Kier alpha value is -2.60. The molecule has 2 N–H and O–H groups in total. The first-order valence-corrected chi connectivity index (χ1v) is 8.04. The molecule has 5 nitrogen and oxygen atoms in total. The quantitative estimate of drug-likeness (QED) is 0.872. The highest BCUT2D eigenvalue weighted by molar-refractivity contribution is 5.72. The highest BCUT2D eigenvalue weighted by Crippen LogP contribution is 2.34. The van der Waals surface area contributed by atoms with E-state index >= 15 is 0 Å². The van der Waals surface area contributed by atoms with Crippen molar-refractivity contribution in [3.05, 3.63) is 59.4 Å². The molecule has 1 aliphatic heterocycles. The molecular weight excluding hydrogens is 325 g/mol. The fraction of sp³-hybridized carbons (Fsp3) is 0.316. The molecule has 2 atom stereocenters. The van der Waals surface area contributed by atoms with Gasteiger partial charge in [-0.3, -0.25) is 9.69 Å². The molecule has 3 rings (SSSR count). The third-order valence-electron chi connectivity index (χ3n) is 4.66. The Kier molecular flexibility index (Phi) is 4.90. The van der Waals surface area contributed by atoms with Crippen LogP contribution in [0.4, 0.5) is 4.39 Å². The highest BCUT2D eigenvalue weighted by Gasteiger charge is 2.38. The number of likely N-dealkylation sites (tertiary alicyclic amines) is 1. The third-order valence-corrected chi connectivity index (χ3v) is 4.66. The first-order valence-electron chi connectivity index (χ1n) is 8.04. The number of aliphatic carboxylic acids is 1. The minimum Gasteiger partial charge on any atom is -0.504 e. The lowest BCUT2D eigenvalue weighted by atomic mass is 9.89. The summed E-state index contributed by atoms with van der Waals surface area (Å²) in [5.74, 6) is -1.46. The monoisotopic (exact) mass is 345 g/mol. The molecular formula is C19H20FNO4. The fourth-order valence-electron chi connectivity index (χ4n) is 3.40. The number of carbonyl (C=O) groups is 1. The molecule has 6 heteroatoms. The Morgan fingerprint density at radius 2 is 1.96 bits per heavy atom. The van der Waals surface area contributed by atoms with E-state index < -0.39 is 11.9 Å². The number of methoxy groups -OCH3 is 1. The molecule has 0 spiro atoms. The SMILES string of the molecule is COc1ccc(CN2C[C@@H](C(=O)O)[C@H](c3ccc(F)cc3)C2)cc1O. The summed E-state index contributed by atoms with van der Waals surface area (Å²) >= 11 is 0. The number of benzene rings is 2. The number of hydrogen-bond donors (Lipinski definition) is 2. The van der Waals surface area contributed by atoms with E-state index in [0.717, 1.165) is 11.1 Å². The summed E-state index contributed by atoms with van der Waals surface area (Å²) in [5.41, 5.74) is 1.70. The molecule has 132 valence electrons. The number of rotatable bonds is 5. The lowest BCUT2D eigenvalue weighted by molar-refractivity contribution is -0.141. The highest BCUT2D eigenvalue weighted by atomic mass is 19.1. The summed E-state index contributed by atoms with van der Waals surface area (Å²) in [5, 5.41) is 19.4. The zero-order valence-corrected chi connectivity index (χ0v) is 13.9. The van der Waals surface area contributed by atoms with Gasteiger partial charge in [-0.1, -0.05) is 18.2 Å². The van der Waals surface area contributed by atoms with Gasteiger partial charge in [0.1, 0.15) is 5.82 Å². The molecule has 0 radical (unpaired) electrons. The molecule has 2 aromatic rings. The van der Waals surface area contributed by atoms with E-state index in [1.54, 1.807) is 24.3 Å². The Morgan fingerprint density at radius 1 is 1.24 bits per heavy atom. The van der Waals surface area contributed by atoms with Crippen LogP contribution in [-0.2, 0) is 11.3 Å². The van der Waals surface area contributed by atoms with Crippen LogP contribution in [0.1, 0.15) is 17.0 Å². The smallest absolute Gasteiger partial charge is 0.308 e. The summed E-state index contributed by atoms with van der Waals surface area (Å²) in [4.78, 5) is 13.7. The van der Waals surface area contributed by atoms with Crippen molar-refractivity contribution in [2.24, 2.45) is 5.92 Å². The standard InChI is InChI=1S/C19H20FNO4/c1-25-18-7-2-12(8-17(18)22)9-21-10-15(16(11-21)19(23)24)13-3-5-14(20)6-4-13/h2-8,15-16,22H,9-11H2,1H3,(H,23,24)/t15-,16+/m0/s1. The number of aromatic hydroxyl groups is 1. The van der Waals surface area contributed by atoms with E-state index in [-0.39, 0.29) is 17.5 Å². The zero-order valence-electron chi connectivity index (χ0n) is 13.9. The van der Waals surface area contributed by atoms with Crippen LogP contribution in [0.2, 0.25) is 0 Å².